The summed E-state index contributed by atoms with van der Waals surface area (Å²) < 4.78 is 10.7. The van der Waals surface area contributed by atoms with Gasteiger partial charge in [0.2, 0.25) is 0 Å². The molecule has 0 aliphatic rings. The molecule has 0 bridgehead atoms. The molecule has 0 aliphatic heterocycles. The van der Waals surface area contributed by atoms with Crippen LogP contribution in [0.1, 0.15) is 28.1 Å². The Morgan fingerprint density at radius 3 is 2.61 bits per heavy atom. The van der Waals surface area contributed by atoms with Crippen molar-refractivity contribution in [1.29, 1.82) is 0 Å². The number of nitrogens with zero attached hydrogens (tertiary/aromatic N) is 2. The minimum absolute atomic E-state index is 0.327. The van der Waals surface area contributed by atoms with E-state index in [4.69, 9.17) is 9.47 Å². The summed E-state index contributed by atoms with van der Waals surface area (Å²) >= 11 is 1.78. The summed E-state index contributed by atoms with van der Waals surface area (Å²) in [4.78, 5) is 8.30. The van der Waals surface area contributed by atoms with E-state index >= 15 is 0 Å². The van der Waals surface area contributed by atoms with Gasteiger partial charge in [0, 0.05) is 31.1 Å². The zero-order valence-electron chi connectivity index (χ0n) is 14.6. The van der Waals surface area contributed by atoms with Crippen LogP contribution in [-0.4, -0.2) is 36.8 Å². The average molecular weight is 334 g/mol. The summed E-state index contributed by atoms with van der Waals surface area (Å²) in [5.41, 5.74) is 2.37. The lowest BCUT2D eigenvalue weighted by atomic mass is 10.1. The highest BCUT2D eigenvalue weighted by molar-refractivity contribution is 7.11. The van der Waals surface area contributed by atoms with Crippen molar-refractivity contribution in [2.45, 2.75) is 39.9 Å². The molecule has 2 aromatic rings. The molecule has 126 valence electrons. The normalized spacial score (nSPS) is 12.6. The highest BCUT2D eigenvalue weighted by atomic mass is 32.1. The van der Waals surface area contributed by atoms with Crippen LogP contribution in [0.15, 0.2) is 24.3 Å². The van der Waals surface area contributed by atoms with Crippen LogP contribution in [-0.2, 0) is 17.8 Å². The SMILES string of the molecule is COCC(C)N(Cc1cccc(OC)c1)Cc1sc(C)nc1C. The van der Waals surface area contributed by atoms with Crippen molar-refractivity contribution in [2.75, 3.05) is 20.8 Å². The topological polar surface area (TPSA) is 34.6 Å². The molecule has 23 heavy (non-hydrogen) atoms. The number of hydrogen-bond donors (Lipinski definition) is 0. The summed E-state index contributed by atoms with van der Waals surface area (Å²) in [6.07, 6.45) is 0. The van der Waals surface area contributed by atoms with E-state index in [0.717, 1.165) is 29.5 Å². The predicted molar refractivity (Wildman–Crippen MR) is 95.2 cm³/mol. The second-order valence-corrected chi connectivity index (χ2v) is 7.09. The maximum absolute atomic E-state index is 5.36. The molecular weight excluding hydrogens is 308 g/mol. The molecule has 5 heteroatoms. The molecular formula is C18H26N2O2S. The number of aryl methyl sites for hydroxylation is 2. The third-order valence-corrected chi connectivity index (χ3v) is 4.95. The van der Waals surface area contributed by atoms with Gasteiger partial charge < -0.3 is 9.47 Å². The number of hydrogen-bond acceptors (Lipinski definition) is 5. The van der Waals surface area contributed by atoms with Gasteiger partial charge in [0.15, 0.2) is 0 Å². The van der Waals surface area contributed by atoms with Gasteiger partial charge in [0.05, 0.1) is 24.4 Å². The Balaban J connectivity index is 2.17. The van der Waals surface area contributed by atoms with E-state index in [1.54, 1.807) is 25.6 Å². The Morgan fingerprint density at radius 1 is 1.22 bits per heavy atom. The predicted octanol–water partition coefficient (Wildman–Crippen LogP) is 3.81. The zero-order chi connectivity index (χ0) is 16.8. The summed E-state index contributed by atoms with van der Waals surface area (Å²) in [6.45, 7) is 8.81. The fourth-order valence-electron chi connectivity index (χ4n) is 2.62. The first kappa shape index (κ1) is 17.9. The van der Waals surface area contributed by atoms with Crippen molar-refractivity contribution in [3.63, 3.8) is 0 Å². The van der Waals surface area contributed by atoms with E-state index in [-0.39, 0.29) is 0 Å². The van der Waals surface area contributed by atoms with E-state index < -0.39 is 0 Å². The maximum Gasteiger partial charge on any atom is 0.119 e. The summed E-state index contributed by atoms with van der Waals surface area (Å²) in [5.74, 6) is 0.895. The maximum atomic E-state index is 5.36. The summed E-state index contributed by atoms with van der Waals surface area (Å²) in [5, 5.41) is 1.12. The number of thiazole rings is 1. The summed E-state index contributed by atoms with van der Waals surface area (Å²) in [7, 11) is 3.45. The molecule has 1 atom stereocenters. The van der Waals surface area contributed by atoms with Crippen LogP contribution in [0.4, 0.5) is 0 Å². The summed E-state index contributed by atoms with van der Waals surface area (Å²) in [6, 6.07) is 8.57. The van der Waals surface area contributed by atoms with Crippen LogP contribution in [0, 0.1) is 13.8 Å². The fourth-order valence-corrected chi connectivity index (χ4v) is 3.59. The monoisotopic (exact) mass is 334 g/mol. The van der Waals surface area contributed by atoms with E-state index in [0.29, 0.717) is 12.6 Å². The molecule has 0 spiro atoms. The lowest BCUT2D eigenvalue weighted by Crippen LogP contribution is -2.35. The molecule has 1 aromatic carbocycles. The lowest BCUT2D eigenvalue weighted by molar-refractivity contribution is 0.0900. The lowest BCUT2D eigenvalue weighted by Gasteiger charge is -2.28. The van der Waals surface area contributed by atoms with Gasteiger partial charge in [-0.3, -0.25) is 4.90 Å². The van der Waals surface area contributed by atoms with Gasteiger partial charge in [-0.05, 0) is 38.5 Å². The highest BCUT2D eigenvalue weighted by Crippen LogP contribution is 2.23. The quantitative estimate of drug-likeness (QED) is 0.735. The first-order valence-electron chi connectivity index (χ1n) is 7.82. The number of methoxy groups -OCH3 is 2. The van der Waals surface area contributed by atoms with E-state index in [1.807, 2.05) is 12.1 Å². The van der Waals surface area contributed by atoms with Crippen molar-refractivity contribution in [2.24, 2.45) is 0 Å². The van der Waals surface area contributed by atoms with Crippen molar-refractivity contribution in [1.82, 2.24) is 9.88 Å². The molecule has 0 radical (unpaired) electrons. The van der Waals surface area contributed by atoms with Gasteiger partial charge in [-0.15, -0.1) is 11.3 Å². The Bertz CT molecular complexity index is 627. The fraction of sp³-hybridized carbons (Fsp3) is 0.500. The van der Waals surface area contributed by atoms with Crippen LogP contribution in [0.5, 0.6) is 5.75 Å². The standard InChI is InChI=1S/C18H26N2O2S/c1-13(12-21-4)20(11-18-14(2)19-15(3)23-18)10-16-7-6-8-17(9-16)22-5/h6-9,13H,10-12H2,1-5H3. The molecule has 0 amide bonds. The largest absolute Gasteiger partial charge is 0.497 e. The Hall–Kier alpha value is -1.43. The number of rotatable bonds is 8. The molecule has 2 rings (SSSR count). The van der Waals surface area contributed by atoms with Crippen LogP contribution < -0.4 is 4.74 Å². The third kappa shape index (κ3) is 5.03. The number of aromatic nitrogens is 1. The average Bonchev–Trinajstić information content (AvgIpc) is 2.84. The first-order valence-corrected chi connectivity index (χ1v) is 8.64. The second kappa shape index (κ2) is 8.43. The van der Waals surface area contributed by atoms with Crippen molar-refractivity contribution in [3.8, 4) is 5.75 Å². The number of benzene rings is 1. The van der Waals surface area contributed by atoms with Crippen LogP contribution in [0.25, 0.3) is 0 Å². The minimum Gasteiger partial charge on any atom is -0.497 e. The van der Waals surface area contributed by atoms with Crippen LogP contribution >= 0.6 is 11.3 Å². The van der Waals surface area contributed by atoms with Gasteiger partial charge in [0.25, 0.3) is 0 Å². The van der Waals surface area contributed by atoms with Gasteiger partial charge in [-0.25, -0.2) is 4.98 Å². The Kier molecular flexibility index (Phi) is 6.57. The Morgan fingerprint density at radius 2 is 2.00 bits per heavy atom. The van der Waals surface area contributed by atoms with Crippen molar-refractivity contribution >= 4 is 11.3 Å². The van der Waals surface area contributed by atoms with E-state index in [2.05, 4.69) is 42.8 Å². The first-order chi connectivity index (χ1) is 11.0. The zero-order valence-corrected chi connectivity index (χ0v) is 15.4. The Labute approximate surface area is 143 Å². The molecule has 1 aromatic heterocycles. The van der Waals surface area contributed by atoms with Crippen molar-refractivity contribution in [3.05, 3.63) is 45.4 Å². The molecule has 1 unspecified atom stereocenters. The second-order valence-electron chi connectivity index (χ2n) is 5.80. The van der Waals surface area contributed by atoms with Gasteiger partial charge in [-0.2, -0.15) is 0 Å². The minimum atomic E-state index is 0.327. The van der Waals surface area contributed by atoms with Gasteiger partial charge in [0.1, 0.15) is 5.75 Å². The van der Waals surface area contributed by atoms with Crippen molar-refractivity contribution < 1.29 is 9.47 Å². The molecule has 0 N–H and O–H groups in total. The smallest absolute Gasteiger partial charge is 0.119 e. The number of ether oxygens (including phenoxy) is 2. The molecule has 0 aliphatic carbocycles. The van der Waals surface area contributed by atoms with Crippen LogP contribution in [0.2, 0.25) is 0 Å². The van der Waals surface area contributed by atoms with Crippen LogP contribution in [0.3, 0.4) is 0 Å². The van der Waals surface area contributed by atoms with Gasteiger partial charge in [-0.1, -0.05) is 12.1 Å². The molecule has 0 saturated carbocycles. The molecule has 0 saturated heterocycles. The van der Waals surface area contributed by atoms with E-state index in [1.165, 1.54) is 10.4 Å². The van der Waals surface area contributed by atoms with Gasteiger partial charge >= 0.3 is 0 Å². The highest BCUT2D eigenvalue weighted by Gasteiger charge is 2.17. The molecule has 1 heterocycles. The third-order valence-electron chi connectivity index (χ3n) is 3.90. The molecule has 4 nitrogen and oxygen atoms in total. The molecule has 0 fully saturated rings. The van der Waals surface area contributed by atoms with E-state index in [9.17, 15) is 0 Å².